The van der Waals surface area contributed by atoms with Crippen LogP contribution in [0.1, 0.15) is 39.2 Å². The molecule has 0 fully saturated rings. The number of rotatable bonds is 11. The van der Waals surface area contributed by atoms with E-state index in [0.29, 0.717) is 35.6 Å². The molecule has 0 saturated heterocycles. The Bertz CT molecular complexity index is 1090. The lowest BCUT2D eigenvalue weighted by atomic mass is 10.0. The highest BCUT2D eigenvalue weighted by Gasteiger charge is 2.29. The van der Waals surface area contributed by atoms with Crippen molar-refractivity contribution in [3.05, 3.63) is 47.7 Å². The summed E-state index contributed by atoms with van der Waals surface area (Å²) in [4.78, 5) is 29.4. The summed E-state index contributed by atoms with van der Waals surface area (Å²) >= 11 is 0. The quantitative estimate of drug-likeness (QED) is 0.458. The molecule has 188 valence electrons. The molecule has 2 amide bonds. The predicted octanol–water partition coefficient (Wildman–Crippen LogP) is 4.58. The molecule has 2 aromatic carbocycles. The van der Waals surface area contributed by atoms with E-state index in [0.717, 1.165) is 42.3 Å². The first-order valence-electron chi connectivity index (χ1n) is 12.0. The maximum absolute atomic E-state index is 12.9. The second-order valence-corrected chi connectivity index (χ2v) is 8.32. The first-order valence-corrected chi connectivity index (χ1v) is 12.0. The average molecular weight is 481 g/mol. The van der Waals surface area contributed by atoms with Crippen molar-refractivity contribution in [2.45, 2.75) is 33.6 Å². The number of methoxy groups -OCH3 is 2. The highest BCUT2D eigenvalue weighted by Crippen LogP contribution is 2.42. The van der Waals surface area contributed by atoms with Crippen LogP contribution in [-0.2, 0) is 9.59 Å². The zero-order chi connectivity index (χ0) is 25.5. The third-order valence-electron chi connectivity index (χ3n) is 6.38. The van der Waals surface area contributed by atoms with Crippen molar-refractivity contribution in [2.75, 3.05) is 56.4 Å². The Balaban J connectivity index is 1.79. The van der Waals surface area contributed by atoms with Gasteiger partial charge < -0.3 is 29.9 Å². The molecule has 0 radical (unpaired) electrons. The molecule has 2 aromatic rings. The van der Waals surface area contributed by atoms with E-state index in [-0.39, 0.29) is 11.8 Å². The van der Waals surface area contributed by atoms with E-state index >= 15 is 0 Å². The number of amides is 2. The fourth-order valence-corrected chi connectivity index (χ4v) is 4.17. The monoisotopic (exact) mass is 480 g/mol. The molecule has 0 aromatic heterocycles. The molecule has 0 unspecified atom stereocenters. The Morgan fingerprint density at radius 1 is 1.00 bits per heavy atom. The van der Waals surface area contributed by atoms with Crippen LogP contribution in [0, 0.1) is 0 Å². The van der Waals surface area contributed by atoms with Gasteiger partial charge >= 0.3 is 0 Å². The van der Waals surface area contributed by atoms with Crippen molar-refractivity contribution in [2.24, 2.45) is 0 Å². The number of ether oxygens (including phenoxy) is 2. The van der Waals surface area contributed by atoms with Crippen molar-refractivity contribution in [1.82, 2.24) is 4.90 Å². The maximum Gasteiger partial charge on any atom is 0.258 e. The standard InChI is InChI=1S/C27H36N4O4/c1-7-21(26-20-16-23(34-5)24(35-6)17-22(20)29-27(26)33)28-18-10-12-19(13-11-18)30(4)25(32)14-15-31(8-2)9-3/h10-13,16-17,28H,7-9,14-15H2,1-6H3,(H,29,33)/b26-21-. The van der Waals surface area contributed by atoms with E-state index < -0.39 is 0 Å². The van der Waals surface area contributed by atoms with Crippen molar-refractivity contribution >= 4 is 34.4 Å². The summed E-state index contributed by atoms with van der Waals surface area (Å²) in [6, 6.07) is 11.2. The number of carbonyl (C=O) groups is 2. The molecule has 1 aliphatic rings. The number of nitrogens with one attached hydrogen (secondary N) is 2. The van der Waals surface area contributed by atoms with Crippen LogP contribution in [0.15, 0.2) is 42.1 Å². The summed E-state index contributed by atoms with van der Waals surface area (Å²) in [5.74, 6) is 1.03. The molecule has 8 nitrogen and oxygen atoms in total. The summed E-state index contributed by atoms with van der Waals surface area (Å²) < 4.78 is 10.8. The van der Waals surface area contributed by atoms with Gasteiger partial charge in [-0.05, 0) is 49.8 Å². The SMILES string of the molecule is CC/C(Nc1ccc(N(C)C(=O)CCN(CC)CC)cc1)=C1/C(=O)Nc2cc(OC)c(OC)cc21. The van der Waals surface area contributed by atoms with Crippen molar-refractivity contribution in [3.8, 4) is 11.5 Å². The summed E-state index contributed by atoms with van der Waals surface area (Å²) in [7, 11) is 4.94. The fourth-order valence-electron chi connectivity index (χ4n) is 4.17. The molecule has 2 N–H and O–H groups in total. The van der Waals surface area contributed by atoms with E-state index in [1.807, 2.05) is 37.3 Å². The van der Waals surface area contributed by atoms with Crippen molar-refractivity contribution in [1.29, 1.82) is 0 Å². The van der Waals surface area contributed by atoms with Gasteiger partial charge in [-0.25, -0.2) is 0 Å². The maximum atomic E-state index is 12.9. The molecule has 8 heteroatoms. The number of hydrogen-bond donors (Lipinski definition) is 2. The zero-order valence-electron chi connectivity index (χ0n) is 21.5. The second-order valence-electron chi connectivity index (χ2n) is 8.32. The Morgan fingerprint density at radius 3 is 2.20 bits per heavy atom. The number of nitrogens with zero attached hydrogens (tertiary/aromatic N) is 2. The van der Waals surface area contributed by atoms with Gasteiger partial charge in [-0.15, -0.1) is 0 Å². The van der Waals surface area contributed by atoms with Gasteiger partial charge in [0.2, 0.25) is 5.91 Å². The van der Waals surface area contributed by atoms with Crippen LogP contribution in [0.5, 0.6) is 11.5 Å². The number of allylic oxidation sites excluding steroid dienone is 1. The number of hydrogen-bond acceptors (Lipinski definition) is 6. The largest absolute Gasteiger partial charge is 0.493 e. The summed E-state index contributed by atoms with van der Waals surface area (Å²) in [6.07, 6.45) is 1.11. The Morgan fingerprint density at radius 2 is 1.63 bits per heavy atom. The van der Waals surface area contributed by atoms with Crippen LogP contribution < -0.4 is 25.0 Å². The van der Waals surface area contributed by atoms with Gasteiger partial charge in [-0.3, -0.25) is 9.59 Å². The van der Waals surface area contributed by atoms with Crippen LogP contribution in [0.4, 0.5) is 17.1 Å². The molecular weight excluding hydrogens is 444 g/mol. The topological polar surface area (TPSA) is 83.1 Å². The van der Waals surface area contributed by atoms with Crippen LogP contribution in [-0.4, -0.2) is 57.6 Å². The third kappa shape index (κ3) is 5.77. The number of fused-ring (bicyclic) bond motifs is 1. The molecule has 0 saturated carbocycles. The Hall–Kier alpha value is -3.52. The van der Waals surface area contributed by atoms with E-state index in [1.54, 1.807) is 32.2 Å². The van der Waals surface area contributed by atoms with Gasteiger partial charge in [0.05, 0.1) is 25.5 Å². The Kier molecular flexibility index (Phi) is 8.76. The lowest BCUT2D eigenvalue weighted by molar-refractivity contribution is -0.118. The summed E-state index contributed by atoms with van der Waals surface area (Å²) in [5.41, 5.74) is 4.50. The first kappa shape index (κ1) is 26.1. The van der Waals surface area contributed by atoms with E-state index in [9.17, 15) is 9.59 Å². The lowest BCUT2D eigenvalue weighted by Gasteiger charge is -2.21. The average Bonchev–Trinajstić information content (AvgIpc) is 3.20. The number of carbonyl (C=O) groups excluding carboxylic acids is 2. The minimum absolute atomic E-state index is 0.0811. The van der Waals surface area contributed by atoms with E-state index in [2.05, 4.69) is 29.4 Å². The molecular formula is C27H36N4O4. The van der Waals surface area contributed by atoms with Gasteiger partial charge in [-0.2, -0.15) is 0 Å². The van der Waals surface area contributed by atoms with E-state index in [1.165, 1.54) is 0 Å². The highest BCUT2D eigenvalue weighted by atomic mass is 16.5. The van der Waals surface area contributed by atoms with Gasteiger partial charge in [0.15, 0.2) is 11.5 Å². The minimum Gasteiger partial charge on any atom is -0.493 e. The third-order valence-corrected chi connectivity index (χ3v) is 6.38. The molecule has 0 atom stereocenters. The second kappa shape index (κ2) is 11.8. The normalized spacial score (nSPS) is 13.9. The number of anilines is 3. The molecule has 35 heavy (non-hydrogen) atoms. The van der Waals surface area contributed by atoms with Gasteiger partial charge in [-0.1, -0.05) is 20.8 Å². The molecule has 1 aliphatic heterocycles. The van der Waals surface area contributed by atoms with Crippen molar-refractivity contribution in [3.63, 3.8) is 0 Å². The van der Waals surface area contributed by atoms with Crippen LogP contribution in [0.3, 0.4) is 0 Å². The molecule has 0 aliphatic carbocycles. The van der Waals surface area contributed by atoms with Crippen LogP contribution in [0.25, 0.3) is 5.57 Å². The zero-order valence-corrected chi connectivity index (χ0v) is 21.5. The molecule has 3 rings (SSSR count). The molecule has 1 heterocycles. The highest BCUT2D eigenvalue weighted by molar-refractivity contribution is 6.32. The summed E-state index contributed by atoms with van der Waals surface area (Å²) in [6.45, 7) is 8.83. The lowest BCUT2D eigenvalue weighted by Crippen LogP contribution is -2.32. The van der Waals surface area contributed by atoms with Crippen molar-refractivity contribution < 1.29 is 19.1 Å². The smallest absolute Gasteiger partial charge is 0.258 e. The van der Waals surface area contributed by atoms with Crippen LogP contribution >= 0.6 is 0 Å². The van der Waals surface area contributed by atoms with Gasteiger partial charge in [0.25, 0.3) is 5.91 Å². The Labute approximate surface area is 207 Å². The van der Waals surface area contributed by atoms with Gasteiger partial charge in [0, 0.05) is 48.7 Å². The van der Waals surface area contributed by atoms with E-state index in [4.69, 9.17) is 9.47 Å². The minimum atomic E-state index is -0.171. The molecule has 0 spiro atoms. The fraction of sp³-hybridized carbons (Fsp3) is 0.407. The molecule has 0 bridgehead atoms. The first-order chi connectivity index (χ1) is 16.9. The predicted molar refractivity (Wildman–Crippen MR) is 141 cm³/mol. The summed E-state index contributed by atoms with van der Waals surface area (Å²) in [5, 5.41) is 6.31. The van der Waals surface area contributed by atoms with Gasteiger partial charge in [0.1, 0.15) is 0 Å². The van der Waals surface area contributed by atoms with Crippen LogP contribution in [0.2, 0.25) is 0 Å². The number of benzene rings is 2.